The topological polar surface area (TPSA) is 32.7 Å². The summed E-state index contributed by atoms with van der Waals surface area (Å²) in [6, 6.07) is 28.6. The van der Waals surface area contributed by atoms with Crippen LogP contribution in [0.1, 0.15) is 36.5 Å². The molecule has 1 unspecified atom stereocenters. The van der Waals surface area contributed by atoms with E-state index >= 15 is 0 Å². The average molecular weight is 430 g/mol. The van der Waals surface area contributed by atoms with Crippen LogP contribution >= 0.6 is 0 Å². The fourth-order valence-electron chi connectivity index (χ4n) is 4.99. The summed E-state index contributed by atoms with van der Waals surface area (Å²) in [4.78, 5) is 2.52. The summed E-state index contributed by atoms with van der Waals surface area (Å²) in [7, 11) is 0. The Bertz CT molecular complexity index is 925. The monoisotopic (exact) mass is 429 g/mol. The first-order valence-corrected chi connectivity index (χ1v) is 11.8. The SMILES string of the molecule is Cc1cccc(OCC(C)CN2CCC(C(O)(c3ccccc3)c3ccccc3)CC2)c1. The molecule has 0 saturated carbocycles. The van der Waals surface area contributed by atoms with Gasteiger partial charge in [-0.3, -0.25) is 0 Å². The van der Waals surface area contributed by atoms with E-state index in [9.17, 15) is 5.11 Å². The van der Waals surface area contributed by atoms with Crippen LogP contribution in [0.5, 0.6) is 5.75 Å². The number of benzene rings is 3. The molecule has 32 heavy (non-hydrogen) atoms. The van der Waals surface area contributed by atoms with Gasteiger partial charge >= 0.3 is 0 Å². The third-order valence-electron chi connectivity index (χ3n) is 6.70. The predicted molar refractivity (Wildman–Crippen MR) is 131 cm³/mol. The summed E-state index contributed by atoms with van der Waals surface area (Å²) in [5, 5.41) is 12.0. The molecule has 4 rings (SSSR count). The van der Waals surface area contributed by atoms with Gasteiger partial charge in [-0.1, -0.05) is 79.7 Å². The summed E-state index contributed by atoms with van der Waals surface area (Å²) in [5.41, 5.74) is 2.25. The fraction of sp³-hybridized carbons (Fsp3) is 0.379. The second-order valence-corrected chi connectivity index (χ2v) is 9.31. The lowest BCUT2D eigenvalue weighted by atomic mass is 9.72. The molecule has 0 aromatic heterocycles. The molecule has 0 bridgehead atoms. The summed E-state index contributed by atoms with van der Waals surface area (Å²) in [6.45, 7) is 8.09. The minimum Gasteiger partial charge on any atom is -0.493 e. The Labute approximate surface area is 192 Å². The molecule has 1 heterocycles. The molecule has 1 aliphatic heterocycles. The van der Waals surface area contributed by atoms with Crippen LogP contribution in [0, 0.1) is 18.8 Å². The number of hydrogen-bond acceptors (Lipinski definition) is 3. The minimum atomic E-state index is -0.950. The maximum absolute atomic E-state index is 12.0. The van der Waals surface area contributed by atoms with Crippen LogP contribution in [0.3, 0.4) is 0 Å². The highest BCUT2D eigenvalue weighted by molar-refractivity contribution is 5.37. The molecule has 1 aliphatic rings. The number of likely N-dealkylation sites (tertiary alicyclic amines) is 1. The van der Waals surface area contributed by atoms with E-state index in [1.54, 1.807) is 0 Å². The Kier molecular flexibility index (Phi) is 7.29. The minimum absolute atomic E-state index is 0.197. The number of aliphatic hydroxyl groups is 1. The van der Waals surface area contributed by atoms with Gasteiger partial charge in [0, 0.05) is 12.5 Å². The molecule has 3 nitrogen and oxygen atoms in total. The number of hydrogen-bond donors (Lipinski definition) is 1. The molecule has 0 aliphatic carbocycles. The van der Waals surface area contributed by atoms with Crippen molar-refractivity contribution in [3.8, 4) is 5.75 Å². The van der Waals surface area contributed by atoms with E-state index in [2.05, 4.69) is 55.1 Å². The van der Waals surface area contributed by atoms with E-state index in [0.717, 1.165) is 56.0 Å². The first-order valence-electron chi connectivity index (χ1n) is 11.8. The smallest absolute Gasteiger partial charge is 0.119 e. The average Bonchev–Trinajstić information content (AvgIpc) is 2.84. The van der Waals surface area contributed by atoms with Crippen LogP contribution in [0.2, 0.25) is 0 Å². The van der Waals surface area contributed by atoms with Crippen LogP contribution in [-0.2, 0) is 5.60 Å². The van der Waals surface area contributed by atoms with Crippen LogP contribution in [-0.4, -0.2) is 36.2 Å². The molecule has 3 aromatic rings. The standard InChI is InChI=1S/C29H35NO2/c1-23-10-9-15-28(20-23)32-22-24(2)21-30-18-16-27(17-19-30)29(31,25-11-5-3-6-12-25)26-13-7-4-8-14-26/h3-15,20,24,27,31H,16-19,21-22H2,1-2H3. The van der Waals surface area contributed by atoms with Crippen LogP contribution < -0.4 is 4.74 Å². The third kappa shape index (κ3) is 5.23. The zero-order valence-corrected chi connectivity index (χ0v) is 19.3. The maximum Gasteiger partial charge on any atom is 0.119 e. The van der Waals surface area contributed by atoms with Gasteiger partial charge in [0.2, 0.25) is 0 Å². The Morgan fingerprint density at radius 3 is 2.06 bits per heavy atom. The molecule has 3 aromatic carbocycles. The van der Waals surface area contributed by atoms with Crippen molar-refractivity contribution in [3.05, 3.63) is 102 Å². The van der Waals surface area contributed by atoms with Crippen molar-refractivity contribution in [2.45, 2.75) is 32.3 Å². The van der Waals surface area contributed by atoms with Gasteiger partial charge in [0.05, 0.1) is 6.61 Å². The summed E-state index contributed by atoms with van der Waals surface area (Å²) in [6.07, 6.45) is 1.96. The number of piperidine rings is 1. The summed E-state index contributed by atoms with van der Waals surface area (Å²) in [5.74, 6) is 1.60. The maximum atomic E-state index is 12.0. The molecular weight excluding hydrogens is 394 g/mol. The van der Waals surface area contributed by atoms with Gasteiger partial charge in [0.15, 0.2) is 0 Å². The zero-order chi connectivity index (χ0) is 22.4. The van der Waals surface area contributed by atoms with Gasteiger partial charge in [-0.05, 0) is 67.6 Å². The predicted octanol–water partition coefficient (Wildman–Crippen LogP) is 5.66. The molecule has 0 spiro atoms. The van der Waals surface area contributed by atoms with Crippen molar-refractivity contribution in [1.29, 1.82) is 0 Å². The first-order chi connectivity index (χ1) is 15.6. The van der Waals surface area contributed by atoms with Crippen molar-refractivity contribution in [2.24, 2.45) is 11.8 Å². The lowest BCUT2D eigenvalue weighted by Gasteiger charge is -2.42. The van der Waals surface area contributed by atoms with E-state index in [4.69, 9.17) is 4.74 Å². The molecule has 0 radical (unpaired) electrons. The number of rotatable bonds is 8. The van der Waals surface area contributed by atoms with Crippen molar-refractivity contribution in [2.75, 3.05) is 26.2 Å². The molecule has 3 heteroatoms. The van der Waals surface area contributed by atoms with Gasteiger partial charge in [0.25, 0.3) is 0 Å². The van der Waals surface area contributed by atoms with E-state index in [1.165, 1.54) is 5.56 Å². The third-order valence-corrected chi connectivity index (χ3v) is 6.70. The van der Waals surface area contributed by atoms with E-state index in [0.29, 0.717) is 5.92 Å². The highest BCUT2D eigenvalue weighted by Gasteiger charge is 2.41. The van der Waals surface area contributed by atoms with Crippen LogP contribution in [0.4, 0.5) is 0 Å². The van der Waals surface area contributed by atoms with E-state index in [1.807, 2.05) is 48.5 Å². The van der Waals surface area contributed by atoms with E-state index < -0.39 is 5.60 Å². The Morgan fingerprint density at radius 1 is 0.906 bits per heavy atom. The molecule has 0 amide bonds. The Morgan fingerprint density at radius 2 is 1.50 bits per heavy atom. The quantitative estimate of drug-likeness (QED) is 0.502. The molecule has 1 saturated heterocycles. The van der Waals surface area contributed by atoms with Gasteiger partial charge in [0.1, 0.15) is 11.4 Å². The van der Waals surface area contributed by atoms with E-state index in [-0.39, 0.29) is 5.92 Å². The van der Waals surface area contributed by atoms with Gasteiger partial charge < -0.3 is 14.7 Å². The largest absolute Gasteiger partial charge is 0.493 e. The lowest BCUT2D eigenvalue weighted by molar-refractivity contribution is -0.0164. The van der Waals surface area contributed by atoms with Gasteiger partial charge in [-0.25, -0.2) is 0 Å². The van der Waals surface area contributed by atoms with Crippen LogP contribution in [0.15, 0.2) is 84.9 Å². The summed E-state index contributed by atoms with van der Waals surface area (Å²) >= 11 is 0. The fourth-order valence-corrected chi connectivity index (χ4v) is 4.99. The highest BCUT2D eigenvalue weighted by Crippen LogP contribution is 2.41. The van der Waals surface area contributed by atoms with Gasteiger partial charge in [-0.15, -0.1) is 0 Å². The molecular formula is C29H35NO2. The van der Waals surface area contributed by atoms with Crippen molar-refractivity contribution < 1.29 is 9.84 Å². The van der Waals surface area contributed by atoms with Crippen molar-refractivity contribution in [1.82, 2.24) is 4.90 Å². The second kappa shape index (κ2) is 10.3. The normalized spacial score (nSPS) is 16.6. The Hall–Kier alpha value is -2.62. The first kappa shape index (κ1) is 22.6. The number of aryl methyl sites for hydroxylation is 1. The Balaban J connectivity index is 1.37. The zero-order valence-electron chi connectivity index (χ0n) is 19.3. The van der Waals surface area contributed by atoms with Crippen molar-refractivity contribution in [3.63, 3.8) is 0 Å². The molecule has 168 valence electrons. The van der Waals surface area contributed by atoms with Gasteiger partial charge in [-0.2, -0.15) is 0 Å². The summed E-state index contributed by atoms with van der Waals surface area (Å²) < 4.78 is 6.01. The number of ether oxygens (including phenoxy) is 1. The number of nitrogens with zero attached hydrogens (tertiary/aromatic N) is 1. The highest BCUT2D eigenvalue weighted by atomic mass is 16.5. The molecule has 1 fully saturated rings. The molecule has 1 N–H and O–H groups in total. The van der Waals surface area contributed by atoms with Crippen molar-refractivity contribution >= 4 is 0 Å². The van der Waals surface area contributed by atoms with Crippen LogP contribution in [0.25, 0.3) is 0 Å². The lowest BCUT2D eigenvalue weighted by Crippen LogP contribution is -2.45. The molecule has 1 atom stereocenters. The second-order valence-electron chi connectivity index (χ2n) is 9.31.